The van der Waals surface area contributed by atoms with Crippen LogP contribution < -0.4 is 10.6 Å². The second-order valence-electron chi connectivity index (χ2n) is 10.0. The van der Waals surface area contributed by atoms with Crippen molar-refractivity contribution in [2.75, 3.05) is 6.54 Å². The summed E-state index contributed by atoms with van der Waals surface area (Å²) in [6, 6.07) is 16.4. The Bertz CT molecular complexity index is 1090. The lowest BCUT2D eigenvalue weighted by atomic mass is 9.95. The summed E-state index contributed by atoms with van der Waals surface area (Å²) in [5, 5.41) is 5.86. The van der Waals surface area contributed by atoms with Crippen LogP contribution in [0.5, 0.6) is 0 Å². The summed E-state index contributed by atoms with van der Waals surface area (Å²) in [5.74, 6) is -0.588. The zero-order valence-corrected chi connectivity index (χ0v) is 21.7. The highest BCUT2D eigenvalue weighted by Gasteiger charge is 2.57. The van der Waals surface area contributed by atoms with Crippen molar-refractivity contribution in [2.24, 2.45) is 5.92 Å². The number of rotatable bonds is 9. The minimum Gasteiger partial charge on any atom is -0.354 e. The summed E-state index contributed by atoms with van der Waals surface area (Å²) in [7, 11) is 0. The molecule has 0 aromatic heterocycles. The topological polar surface area (TPSA) is 78.5 Å². The number of carbonyl (C=O) groups excluding carboxylic acids is 3. The lowest BCUT2D eigenvalue weighted by molar-refractivity contribution is -0.133. The Hall–Kier alpha value is -2.80. The van der Waals surface area contributed by atoms with Gasteiger partial charge in [0.25, 0.3) is 5.91 Å². The predicted octanol–water partition coefficient (Wildman–Crippen LogP) is 4.31. The number of benzene rings is 2. The smallest absolute Gasteiger partial charge is 0.256 e. The second-order valence-corrected chi connectivity index (χ2v) is 11.8. The number of aryl methyl sites for hydroxylation is 1. The lowest BCUT2D eigenvalue weighted by Crippen LogP contribution is -2.58. The summed E-state index contributed by atoms with van der Waals surface area (Å²) >= 11 is 1.63. The molecule has 35 heavy (non-hydrogen) atoms. The van der Waals surface area contributed by atoms with Gasteiger partial charge in [0.1, 0.15) is 17.5 Å². The number of hydrogen-bond donors (Lipinski definition) is 2. The van der Waals surface area contributed by atoms with Crippen molar-refractivity contribution in [1.29, 1.82) is 0 Å². The molecule has 4 atom stereocenters. The van der Waals surface area contributed by atoms with E-state index in [9.17, 15) is 14.4 Å². The molecule has 7 heteroatoms. The maximum Gasteiger partial charge on any atom is 0.256 e. The maximum absolute atomic E-state index is 13.7. The van der Waals surface area contributed by atoms with E-state index in [1.807, 2.05) is 70.2 Å². The van der Waals surface area contributed by atoms with Crippen LogP contribution in [0.2, 0.25) is 0 Å². The van der Waals surface area contributed by atoms with Crippen molar-refractivity contribution in [2.45, 2.75) is 69.2 Å². The van der Waals surface area contributed by atoms with Crippen molar-refractivity contribution in [3.05, 3.63) is 71.3 Å². The quantitative estimate of drug-likeness (QED) is 0.510. The molecule has 1 fully saturated rings. The molecule has 0 spiro atoms. The molecule has 2 aliphatic rings. The van der Waals surface area contributed by atoms with Gasteiger partial charge in [-0.25, -0.2) is 0 Å². The van der Waals surface area contributed by atoms with Crippen molar-refractivity contribution in [3.8, 4) is 0 Å². The van der Waals surface area contributed by atoms with Crippen molar-refractivity contribution in [1.82, 2.24) is 15.5 Å². The van der Waals surface area contributed by atoms with E-state index in [0.717, 1.165) is 24.8 Å². The van der Waals surface area contributed by atoms with Gasteiger partial charge in [0.15, 0.2) is 0 Å². The molecule has 1 saturated heterocycles. The molecular weight excluding hydrogens is 458 g/mol. The summed E-state index contributed by atoms with van der Waals surface area (Å²) in [4.78, 5) is 41.7. The van der Waals surface area contributed by atoms with E-state index >= 15 is 0 Å². The van der Waals surface area contributed by atoms with Crippen LogP contribution in [-0.4, -0.2) is 46.0 Å². The van der Waals surface area contributed by atoms with Gasteiger partial charge >= 0.3 is 0 Å². The third kappa shape index (κ3) is 5.10. The van der Waals surface area contributed by atoms with E-state index in [-0.39, 0.29) is 29.0 Å². The molecule has 6 nitrogen and oxygen atoms in total. The van der Waals surface area contributed by atoms with E-state index in [4.69, 9.17) is 0 Å². The van der Waals surface area contributed by atoms with Gasteiger partial charge in [0.05, 0.1) is 0 Å². The standard InChI is InChI=1S/C28H35N3O3S/c1-5-18(2)22(24(32)29-17-11-14-19-12-7-6-8-13-19)30-25(33)23-28(3,4)35-27-21-16-10-9-15-20(21)26(34)31(23)27/h6-10,12-13,15-16,18,22-23,27H,5,11,14,17H2,1-4H3,(H,29,32)(H,30,33)/t18-,22-,23-,27+/m0/s1. The summed E-state index contributed by atoms with van der Waals surface area (Å²) in [6.07, 6.45) is 2.46. The van der Waals surface area contributed by atoms with Gasteiger partial charge in [-0.05, 0) is 49.8 Å². The van der Waals surface area contributed by atoms with E-state index in [2.05, 4.69) is 22.8 Å². The van der Waals surface area contributed by atoms with E-state index in [1.165, 1.54) is 5.56 Å². The average Bonchev–Trinajstić information content (AvgIpc) is 3.29. The third-order valence-electron chi connectivity index (χ3n) is 7.12. The Kier molecular flexibility index (Phi) is 7.55. The largest absolute Gasteiger partial charge is 0.354 e. The number of thioether (sulfide) groups is 1. The van der Waals surface area contributed by atoms with Crippen LogP contribution in [0.4, 0.5) is 0 Å². The maximum atomic E-state index is 13.7. The van der Waals surface area contributed by atoms with Crippen LogP contribution >= 0.6 is 11.8 Å². The van der Waals surface area contributed by atoms with E-state index in [1.54, 1.807) is 16.7 Å². The number of fused-ring (bicyclic) bond motifs is 3. The molecule has 2 heterocycles. The molecule has 186 valence electrons. The predicted molar refractivity (Wildman–Crippen MR) is 140 cm³/mol. The molecule has 0 unspecified atom stereocenters. The van der Waals surface area contributed by atoms with Gasteiger partial charge in [0.2, 0.25) is 11.8 Å². The SMILES string of the molecule is CC[C@H](C)[C@H](NC(=O)[C@@H]1N2C(=O)c3ccccc3[C@H]2SC1(C)C)C(=O)NCCCc1ccccc1. The summed E-state index contributed by atoms with van der Waals surface area (Å²) < 4.78 is -0.482. The normalized spacial score (nSPS) is 21.7. The molecular formula is C28H35N3O3S. The molecule has 0 bridgehead atoms. The van der Waals surface area contributed by atoms with Gasteiger partial charge in [-0.15, -0.1) is 11.8 Å². The molecule has 3 amide bonds. The number of nitrogens with one attached hydrogen (secondary N) is 2. The fraction of sp³-hybridized carbons (Fsp3) is 0.464. The van der Waals surface area contributed by atoms with Crippen LogP contribution in [0.15, 0.2) is 54.6 Å². The van der Waals surface area contributed by atoms with Crippen molar-refractivity contribution >= 4 is 29.5 Å². The molecule has 2 aromatic rings. The first-order valence-electron chi connectivity index (χ1n) is 12.5. The first kappa shape index (κ1) is 25.3. The van der Waals surface area contributed by atoms with Crippen molar-refractivity contribution < 1.29 is 14.4 Å². The first-order valence-corrected chi connectivity index (χ1v) is 13.3. The Morgan fingerprint density at radius 3 is 2.49 bits per heavy atom. The Morgan fingerprint density at radius 2 is 1.77 bits per heavy atom. The van der Waals surface area contributed by atoms with E-state index < -0.39 is 16.8 Å². The van der Waals surface area contributed by atoms with Crippen molar-refractivity contribution in [3.63, 3.8) is 0 Å². The Labute approximate surface area is 212 Å². The van der Waals surface area contributed by atoms with Gasteiger partial charge in [0, 0.05) is 16.9 Å². The molecule has 2 aromatic carbocycles. The second kappa shape index (κ2) is 10.4. The van der Waals surface area contributed by atoms with Crippen LogP contribution in [0.25, 0.3) is 0 Å². The van der Waals surface area contributed by atoms with Gasteiger partial charge in [-0.1, -0.05) is 68.8 Å². The molecule has 0 aliphatic carbocycles. The van der Waals surface area contributed by atoms with Crippen LogP contribution in [0.1, 0.15) is 67.4 Å². The number of carbonyl (C=O) groups is 3. The fourth-order valence-electron chi connectivity index (χ4n) is 5.00. The van der Waals surface area contributed by atoms with Gasteiger partial charge in [-0.3, -0.25) is 14.4 Å². The highest BCUT2D eigenvalue weighted by atomic mass is 32.2. The zero-order valence-electron chi connectivity index (χ0n) is 20.9. The van der Waals surface area contributed by atoms with E-state index in [0.29, 0.717) is 12.1 Å². The molecule has 0 radical (unpaired) electrons. The van der Waals surface area contributed by atoms with Crippen LogP contribution in [0, 0.1) is 5.92 Å². The molecule has 4 rings (SSSR count). The van der Waals surface area contributed by atoms with Crippen LogP contribution in [0.3, 0.4) is 0 Å². The van der Waals surface area contributed by atoms with Gasteiger partial charge < -0.3 is 15.5 Å². The number of hydrogen-bond acceptors (Lipinski definition) is 4. The lowest BCUT2D eigenvalue weighted by Gasteiger charge is -2.32. The minimum absolute atomic E-state index is 0.0347. The Balaban J connectivity index is 1.43. The monoisotopic (exact) mass is 493 g/mol. The minimum atomic E-state index is -0.658. The fourth-order valence-corrected chi connectivity index (χ4v) is 6.59. The van der Waals surface area contributed by atoms with Gasteiger partial charge in [-0.2, -0.15) is 0 Å². The molecule has 2 aliphatic heterocycles. The summed E-state index contributed by atoms with van der Waals surface area (Å²) in [6.45, 7) is 8.53. The summed E-state index contributed by atoms with van der Waals surface area (Å²) in [5.41, 5.74) is 2.86. The molecule has 0 saturated carbocycles. The first-order chi connectivity index (χ1) is 16.7. The number of amides is 3. The highest BCUT2D eigenvalue weighted by Crippen LogP contribution is 2.56. The molecule has 2 N–H and O–H groups in total. The zero-order chi connectivity index (χ0) is 25.2. The highest BCUT2D eigenvalue weighted by molar-refractivity contribution is 8.01. The Morgan fingerprint density at radius 1 is 1.09 bits per heavy atom. The number of nitrogens with zero attached hydrogens (tertiary/aromatic N) is 1. The third-order valence-corrected chi connectivity index (χ3v) is 8.66. The van der Waals surface area contributed by atoms with Crippen LogP contribution in [-0.2, 0) is 16.0 Å². The average molecular weight is 494 g/mol.